The molecule has 0 atom stereocenters. The number of fused-ring (bicyclic) bond motifs is 4. The number of hydrogen-bond donors (Lipinski definition) is 0. The van der Waals surface area contributed by atoms with Crippen molar-refractivity contribution in [1.29, 1.82) is 0 Å². The van der Waals surface area contributed by atoms with Gasteiger partial charge in [-0.25, -0.2) is 0 Å². The van der Waals surface area contributed by atoms with Crippen LogP contribution in [0.4, 0.5) is 17.1 Å². The van der Waals surface area contributed by atoms with Crippen LogP contribution in [0.3, 0.4) is 0 Å². The molecule has 1 aliphatic rings. The van der Waals surface area contributed by atoms with Crippen molar-refractivity contribution in [3.05, 3.63) is 193 Å². The number of rotatable bonds is 5. The average molecular weight is 677 g/mol. The molecule has 0 saturated heterocycles. The van der Waals surface area contributed by atoms with E-state index in [1.807, 2.05) is 0 Å². The van der Waals surface area contributed by atoms with E-state index < -0.39 is 0 Å². The Labute approximate surface area is 309 Å². The summed E-state index contributed by atoms with van der Waals surface area (Å²) in [5.41, 5.74) is 14.9. The fourth-order valence-electron chi connectivity index (χ4n) is 9.18. The monoisotopic (exact) mass is 676 g/mol. The Hall–Kier alpha value is -6.64. The van der Waals surface area contributed by atoms with Crippen molar-refractivity contribution in [2.75, 3.05) is 4.90 Å². The third kappa shape index (κ3) is 4.39. The number of hydrogen-bond acceptors (Lipinski definition) is 1. The van der Waals surface area contributed by atoms with E-state index in [2.05, 4.69) is 205 Å². The van der Waals surface area contributed by atoms with Gasteiger partial charge in [0, 0.05) is 38.9 Å². The molecule has 0 unspecified atom stereocenters. The Morgan fingerprint density at radius 1 is 0.415 bits per heavy atom. The lowest BCUT2D eigenvalue weighted by atomic mass is 9.82. The third-order valence-corrected chi connectivity index (χ3v) is 11.7. The molecule has 250 valence electrons. The molecule has 0 N–H and O–H groups in total. The molecular formula is C51H36N2. The van der Waals surface area contributed by atoms with E-state index in [-0.39, 0.29) is 5.41 Å². The summed E-state index contributed by atoms with van der Waals surface area (Å²) >= 11 is 0. The zero-order valence-corrected chi connectivity index (χ0v) is 29.7. The number of anilines is 3. The van der Waals surface area contributed by atoms with Crippen LogP contribution < -0.4 is 4.90 Å². The normalized spacial score (nSPS) is 13.2. The van der Waals surface area contributed by atoms with E-state index in [0.29, 0.717) is 0 Å². The highest BCUT2D eigenvalue weighted by Gasteiger charge is 2.35. The molecule has 1 aromatic heterocycles. The van der Waals surface area contributed by atoms with Crippen molar-refractivity contribution in [2.45, 2.75) is 19.3 Å². The first kappa shape index (κ1) is 30.0. The lowest BCUT2D eigenvalue weighted by molar-refractivity contribution is 0.660. The molecule has 0 spiro atoms. The summed E-state index contributed by atoms with van der Waals surface area (Å²) in [6.07, 6.45) is 0. The molecular weight excluding hydrogens is 641 g/mol. The van der Waals surface area contributed by atoms with Gasteiger partial charge >= 0.3 is 0 Å². The van der Waals surface area contributed by atoms with Gasteiger partial charge in [0.05, 0.1) is 11.0 Å². The smallest absolute Gasteiger partial charge is 0.0547 e. The van der Waals surface area contributed by atoms with Gasteiger partial charge in [-0.1, -0.05) is 135 Å². The Morgan fingerprint density at radius 3 is 1.92 bits per heavy atom. The second kappa shape index (κ2) is 11.2. The number of nitrogens with zero attached hydrogens (tertiary/aromatic N) is 2. The maximum atomic E-state index is 2.42. The first-order valence-corrected chi connectivity index (χ1v) is 18.5. The van der Waals surface area contributed by atoms with E-state index >= 15 is 0 Å². The van der Waals surface area contributed by atoms with Crippen molar-refractivity contribution >= 4 is 60.4 Å². The van der Waals surface area contributed by atoms with Crippen molar-refractivity contribution in [2.24, 2.45) is 0 Å². The summed E-state index contributed by atoms with van der Waals surface area (Å²) < 4.78 is 2.41. The van der Waals surface area contributed by atoms with Crippen molar-refractivity contribution in [3.63, 3.8) is 0 Å². The topological polar surface area (TPSA) is 8.17 Å². The van der Waals surface area contributed by atoms with Crippen LogP contribution in [0.2, 0.25) is 0 Å². The second-order valence-corrected chi connectivity index (χ2v) is 15.0. The molecule has 0 saturated carbocycles. The van der Waals surface area contributed by atoms with Crippen molar-refractivity contribution in [1.82, 2.24) is 4.57 Å². The van der Waals surface area contributed by atoms with Gasteiger partial charge in [-0.3, -0.25) is 0 Å². The predicted molar refractivity (Wildman–Crippen MR) is 225 cm³/mol. The molecule has 2 heteroatoms. The largest absolute Gasteiger partial charge is 0.310 e. The van der Waals surface area contributed by atoms with E-state index in [1.165, 1.54) is 82.4 Å². The number of aromatic nitrogens is 1. The first-order chi connectivity index (χ1) is 26.0. The van der Waals surface area contributed by atoms with E-state index in [4.69, 9.17) is 0 Å². The highest BCUT2D eigenvalue weighted by Crippen LogP contribution is 2.51. The van der Waals surface area contributed by atoms with Crippen LogP contribution >= 0.6 is 0 Å². The summed E-state index contributed by atoms with van der Waals surface area (Å²) in [6.45, 7) is 4.71. The van der Waals surface area contributed by atoms with Crippen LogP contribution in [-0.4, -0.2) is 4.57 Å². The standard InChI is InChI=1S/C51H36N2/c1-51(2)45-17-9-8-16-42(45)43-28-26-40(32-46(43)51)52(39-25-19-33-11-6-7-12-36(33)31-39)38-23-20-34(21-24-38)41-29-30-48-50-44(41)27-22-35-13-10-18-47(49(35)50)53(48)37-14-4-3-5-15-37/h3-32H,1-2H3. The van der Waals surface area contributed by atoms with Crippen molar-refractivity contribution < 1.29 is 0 Å². The predicted octanol–water partition coefficient (Wildman–Crippen LogP) is 14.0. The molecule has 53 heavy (non-hydrogen) atoms. The molecule has 0 bridgehead atoms. The fraction of sp³-hybridized carbons (Fsp3) is 0.0588. The van der Waals surface area contributed by atoms with Crippen LogP contribution in [0, 0.1) is 0 Å². The van der Waals surface area contributed by atoms with Crippen LogP contribution in [0.15, 0.2) is 182 Å². The summed E-state index contributed by atoms with van der Waals surface area (Å²) in [5.74, 6) is 0. The van der Waals surface area contributed by atoms with E-state index in [9.17, 15) is 0 Å². The van der Waals surface area contributed by atoms with Gasteiger partial charge in [0.25, 0.3) is 0 Å². The minimum absolute atomic E-state index is 0.0854. The number of benzene rings is 9. The van der Waals surface area contributed by atoms with Crippen LogP contribution in [0.1, 0.15) is 25.0 Å². The molecule has 2 nitrogen and oxygen atoms in total. The maximum absolute atomic E-state index is 2.42. The molecule has 9 aromatic carbocycles. The van der Waals surface area contributed by atoms with Crippen molar-refractivity contribution in [3.8, 4) is 27.9 Å². The van der Waals surface area contributed by atoms with E-state index in [1.54, 1.807) is 0 Å². The maximum Gasteiger partial charge on any atom is 0.0547 e. The van der Waals surface area contributed by atoms with Gasteiger partial charge in [0.2, 0.25) is 0 Å². The Bertz CT molecular complexity index is 3020. The Morgan fingerprint density at radius 2 is 1.06 bits per heavy atom. The van der Waals surface area contributed by atoms with Crippen LogP contribution in [0.25, 0.3) is 71.3 Å². The Balaban J connectivity index is 1.06. The summed E-state index contributed by atoms with van der Waals surface area (Å²) in [4.78, 5) is 2.42. The van der Waals surface area contributed by atoms with Gasteiger partial charge in [0.1, 0.15) is 0 Å². The molecule has 0 aliphatic heterocycles. The summed E-state index contributed by atoms with van der Waals surface area (Å²) in [7, 11) is 0. The summed E-state index contributed by atoms with van der Waals surface area (Å²) in [5, 5.41) is 7.67. The minimum Gasteiger partial charge on any atom is -0.310 e. The quantitative estimate of drug-likeness (QED) is 0.165. The zero-order chi connectivity index (χ0) is 35.3. The Kier molecular flexibility index (Phi) is 6.33. The number of para-hydroxylation sites is 1. The molecule has 0 amide bonds. The zero-order valence-electron chi connectivity index (χ0n) is 29.7. The van der Waals surface area contributed by atoms with Gasteiger partial charge in [0.15, 0.2) is 0 Å². The third-order valence-electron chi connectivity index (χ3n) is 11.7. The molecule has 0 radical (unpaired) electrons. The minimum atomic E-state index is -0.0854. The molecule has 0 fully saturated rings. The molecule has 11 rings (SSSR count). The summed E-state index contributed by atoms with van der Waals surface area (Å²) in [6, 6.07) is 67.1. The molecule has 1 heterocycles. The lowest BCUT2D eigenvalue weighted by Crippen LogP contribution is -2.16. The molecule has 1 aliphatic carbocycles. The van der Waals surface area contributed by atoms with Crippen LogP contribution in [0.5, 0.6) is 0 Å². The highest BCUT2D eigenvalue weighted by molar-refractivity contribution is 6.26. The second-order valence-electron chi connectivity index (χ2n) is 15.0. The van der Waals surface area contributed by atoms with Gasteiger partial charge in [-0.05, 0) is 116 Å². The highest BCUT2D eigenvalue weighted by atomic mass is 15.1. The van der Waals surface area contributed by atoms with Gasteiger partial charge in [-0.2, -0.15) is 0 Å². The molecule has 10 aromatic rings. The lowest BCUT2D eigenvalue weighted by Gasteiger charge is -2.28. The first-order valence-electron chi connectivity index (χ1n) is 18.5. The van der Waals surface area contributed by atoms with Gasteiger partial charge in [-0.15, -0.1) is 0 Å². The average Bonchev–Trinajstić information content (AvgIpc) is 3.67. The fourth-order valence-corrected chi connectivity index (χ4v) is 9.18. The SMILES string of the molecule is CC1(C)c2ccccc2-c2ccc(N(c3ccc(-c4ccc5c6c4ccc4cccc(c46)n5-c4ccccc4)cc3)c3ccc4ccccc4c3)cc21. The van der Waals surface area contributed by atoms with E-state index in [0.717, 1.165) is 17.1 Å². The van der Waals surface area contributed by atoms with Crippen LogP contribution in [-0.2, 0) is 5.41 Å². The van der Waals surface area contributed by atoms with Gasteiger partial charge < -0.3 is 9.47 Å².